The Balaban J connectivity index is 1.17. The molecule has 0 radical (unpaired) electrons. The van der Waals surface area contributed by atoms with Gasteiger partial charge in [-0.2, -0.15) is 0 Å². The van der Waals surface area contributed by atoms with Gasteiger partial charge in [-0.3, -0.25) is 9.69 Å². The number of ether oxygens (including phenoxy) is 1. The third-order valence-corrected chi connectivity index (χ3v) is 6.31. The summed E-state index contributed by atoms with van der Waals surface area (Å²) in [6, 6.07) is 7.41. The number of rotatable bonds is 6. The van der Waals surface area contributed by atoms with Gasteiger partial charge in [-0.05, 0) is 49.3 Å². The summed E-state index contributed by atoms with van der Waals surface area (Å²) in [5.41, 5.74) is 0.918. The first-order valence-corrected chi connectivity index (χ1v) is 10.1. The van der Waals surface area contributed by atoms with Gasteiger partial charge in [0.15, 0.2) is 0 Å². The predicted octanol–water partition coefficient (Wildman–Crippen LogP) is 2.06. The van der Waals surface area contributed by atoms with E-state index < -0.39 is 0 Å². The van der Waals surface area contributed by atoms with E-state index in [1.54, 1.807) is 12.1 Å². The van der Waals surface area contributed by atoms with Crippen molar-refractivity contribution in [2.24, 2.45) is 5.92 Å². The van der Waals surface area contributed by atoms with Gasteiger partial charge in [0, 0.05) is 31.7 Å². The molecule has 1 saturated carbocycles. The van der Waals surface area contributed by atoms with Crippen molar-refractivity contribution in [3.63, 3.8) is 0 Å². The molecule has 3 aliphatic rings. The topological polar surface area (TPSA) is 53.6 Å². The van der Waals surface area contributed by atoms with Gasteiger partial charge >= 0.3 is 0 Å². The van der Waals surface area contributed by atoms with Crippen LogP contribution in [-0.2, 0) is 16.1 Å². The molecule has 2 heterocycles. The number of hydrogen-bond acceptors (Lipinski definition) is 4. The van der Waals surface area contributed by atoms with Crippen LogP contribution in [0.15, 0.2) is 24.3 Å². The van der Waals surface area contributed by atoms with E-state index in [4.69, 9.17) is 4.74 Å². The molecule has 4 rings (SSSR count). The summed E-state index contributed by atoms with van der Waals surface area (Å²) < 4.78 is 19.1. The molecule has 0 aromatic heterocycles. The lowest BCUT2D eigenvalue weighted by molar-refractivity contribution is -0.123. The number of carbonyl (C=O) groups excluding carboxylic acids is 1. The second-order valence-corrected chi connectivity index (χ2v) is 8.56. The highest BCUT2D eigenvalue weighted by Crippen LogP contribution is 2.38. The maximum absolute atomic E-state index is 12.9. The zero-order valence-electron chi connectivity index (χ0n) is 16.0. The second-order valence-electron chi connectivity index (χ2n) is 8.56. The Labute approximate surface area is 160 Å². The molecule has 27 heavy (non-hydrogen) atoms. The SMILES string of the molecule is C[C@@H]1C[C@H]1NC1COC2(CCN(CC(=O)NCc3ccc(F)cc3)CC2)C1. The minimum atomic E-state index is -0.259. The molecule has 2 N–H and O–H groups in total. The summed E-state index contributed by atoms with van der Waals surface area (Å²) in [5, 5.41) is 6.65. The van der Waals surface area contributed by atoms with E-state index in [-0.39, 0.29) is 17.3 Å². The molecule has 3 atom stereocenters. The Hall–Kier alpha value is -1.50. The molecule has 1 aromatic rings. The Kier molecular flexibility index (Phi) is 5.48. The Morgan fingerprint density at radius 2 is 2.00 bits per heavy atom. The van der Waals surface area contributed by atoms with Gasteiger partial charge in [-0.25, -0.2) is 4.39 Å². The summed E-state index contributed by atoms with van der Waals surface area (Å²) in [4.78, 5) is 14.4. The molecular formula is C21H30FN3O2. The molecule has 2 aliphatic heterocycles. The van der Waals surface area contributed by atoms with Crippen molar-refractivity contribution in [3.8, 4) is 0 Å². The highest BCUT2D eigenvalue weighted by Gasteiger charge is 2.45. The molecule has 1 unspecified atom stereocenters. The maximum Gasteiger partial charge on any atom is 0.234 e. The fourth-order valence-corrected chi connectivity index (χ4v) is 4.34. The van der Waals surface area contributed by atoms with Crippen LogP contribution >= 0.6 is 0 Å². The Morgan fingerprint density at radius 1 is 1.30 bits per heavy atom. The van der Waals surface area contributed by atoms with E-state index >= 15 is 0 Å². The van der Waals surface area contributed by atoms with Crippen LogP contribution in [0.25, 0.3) is 0 Å². The van der Waals surface area contributed by atoms with E-state index in [1.807, 2.05) is 0 Å². The van der Waals surface area contributed by atoms with Crippen molar-refractivity contribution in [1.29, 1.82) is 0 Å². The zero-order chi connectivity index (χ0) is 18.9. The van der Waals surface area contributed by atoms with Gasteiger partial charge in [-0.1, -0.05) is 19.1 Å². The van der Waals surface area contributed by atoms with Gasteiger partial charge in [0.05, 0.1) is 18.8 Å². The summed E-state index contributed by atoms with van der Waals surface area (Å²) in [6.45, 7) is 5.77. The number of nitrogens with zero attached hydrogens (tertiary/aromatic N) is 1. The first-order chi connectivity index (χ1) is 13.0. The average Bonchev–Trinajstić information content (AvgIpc) is 3.21. The van der Waals surface area contributed by atoms with Crippen molar-refractivity contribution in [2.75, 3.05) is 26.2 Å². The standard InChI is InChI=1S/C21H30FN3O2/c1-15-10-19(15)24-18-11-21(27-14-18)6-8-25(9-7-21)13-20(26)23-12-16-2-4-17(22)5-3-16/h2-5,15,18-19,24H,6-14H2,1H3,(H,23,26)/t15-,18?,19-/m1/s1. The molecule has 0 bridgehead atoms. The Morgan fingerprint density at radius 3 is 2.67 bits per heavy atom. The van der Waals surface area contributed by atoms with E-state index in [2.05, 4.69) is 22.5 Å². The number of hydrogen-bond donors (Lipinski definition) is 2. The van der Waals surface area contributed by atoms with Crippen molar-refractivity contribution >= 4 is 5.91 Å². The number of benzene rings is 1. The number of amides is 1. The lowest BCUT2D eigenvalue weighted by Crippen LogP contribution is -2.47. The molecule has 1 aromatic carbocycles. The molecule has 2 saturated heterocycles. The highest BCUT2D eigenvalue weighted by molar-refractivity contribution is 5.78. The van der Waals surface area contributed by atoms with Crippen LogP contribution in [0, 0.1) is 11.7 Å². The van der Waals surface area contributed by atoms with Crippen LogP contribution in [0.5, 0.6) is 0 Å². The number of piperidine rings is 1. The van der Waals surface area contributed by atoms with E-state index in [9.17, 15) is 9.18 Å². The highest BCUT2D eigenvalue weighted by atomic mass is 19.1. The number of carbonyl (C=O) groups is 1. The molecule has 5 nitrogen and oxygen atoms in total. The van der Waals surface area contributed by atoms with Crippen LogP contribution in [0.2, 0.25) is 0 Å². The molecule has 6 heteroatoms. The lowest BCUT2D eigenvalue weighted by Gasteiger charge is -2.38. The molecule has 1 spiro atoms. The molecule has 148 valence electrons. The first kappa shape index (κ1) is 18.8. The number of likely N-dealkylation sites (tertiary alicyclic amines) is 1. The Bertz CT molecular complexity index is 658. The minimum Gasteiger partial charge on any atom is -0.373 e. The van der Waals surface area contributed by atoms with E-state index in [0.717, 1.165) is 50.4 Å². The largest absolute Gasteiger partial charge is 0.373 e. The summed E-state index contributed by atoms with van der Waals surface area (Å²) in [6.07, 6.45) is 4.39. The van der Waals surface area contributed by atoms with Crippen LogP contribution in [0.4, 0.5) is 4.39 Å². The minimum absolute atomic E-state index is 0.0108. The van der Waals surface area contributed by atoms with Gasteiger partial charge in [0.1, 0.15) is 5.82 Å². The first-order valence-electron chi connectivity index (χ1n) is 10.1. The van der Waals surface area contributed by atoms with Crippen LogP contribution < -0.4 is 10.6 Å². The van der Waals surface area contributed by atoms with Crippen molar-refractivity contribution in [3.05, 3.63) is 35.6 Å². The lowest BCUT2D eigenvalue weighted by atomic mass is 9.87. The number of nitrogens with one attached hydrogen (secondary N) is 2. The van der Waals surface area contributed by atoms with Gasteiger partial charge in [0.2, 0.25) is 5.91 Å². The normalized spacial score (nSPS) is 29.8. The smallest absolute Gasteiger partial charge is 0.234 e. The fraction of sp³-hybridized carbons (Fsp3) is 0.667. The maximum atomic E-state index is 12.9. The average molecular weight is 375 g/mol. The second kappa shape index (κ2) is 7.86. The van der Waals surface area contributed by atoms with E-state index in [1.165, 1.54) is 18.6 Å². The quantitative estimate of drug-likeness (QED) is 0.799. The molecular weight excluding hydrogens is 345 g/mol. The van der Waals surface area contributed by atoms with E-state index in [0.29, 0.717) is 25.2 Å². The van der Waals surface area contributed by atoms with Gasteiger partial charge in [0.25, 0.3) is 0 Å². The summed E-state index contributed by atoms with van der Waals surface area (Å²) in [5.74, 6) is 0.576. The van der Waals surface area contributed by atoms with Crippen LogP contribution in [-0.4, -0.2) is 54.7 Å². The van der Waals surface area contributed by atoms with Crippen molar-refractivity contribution < 1.29 is 13.9 Å². The van der Waals surface area contributed by atoms with Crippen LogP contribution in [0.3, 0.4) is 0 Å². The third kappa shape index (κ3) is 4.86. The zero-order valence-corrected chi connectivity index (χ0v) is 16.0. The molecule has 1 amide bonds. The number of halogens is 1. The van der Waals surface area contributed by atoms with Crippen molar-refractivity contribution in [2.45, 2.75) is 56.8 Å². The fourth-order valence-electron chi connectivity index (χ4n) is 4.34. The predicted molar refractivity (Wildman–Crippen MR) is 102 cm³/mol. The summed E-state index contributed by atoms with van der Waals surface area (Å²) >= 11 is 0. The monoisotopic (exact) mass is 375 g/mol. The van der Waals surface area contributed by atoms with Gasteiger partial charge in [-0.15, -0.1) is 0 Å². The molecule has 3 fully saturated rings. The summed E-state index contributed by atoms with van der Waals surface area (Å²) in [7, 11) is 0. The third-order valence-electron chi connectivity index (χ3n) is 6.31. The van der Waals surface area contributed by atoms with Crippen LogP contribution in [0.1, 0.15) is 38.2 Å². The molecule has 1 aliphatic carbocycles. The van der Waals surface area contributed by atoms with Gasteiger partial charge < -0.3 is 15.4 Å². The van der Waals surface area contributed by atoms with Crippen molar-refractivity contribution in [1.82, 2.24) is 15.5 Å².